The number of rotatable bonds is 3. The maximum Gasteiger partial charge on any atom is 0.0957 e. The zero-order valence-corrected chi connectivity index (χ0v) is 18.3. The number of fused-ring (bicyclic) bond motifs is 7. The molecule has 156 valence electrons. The summed E-state index contributed by atoms with van der Waals surface area (Å²) in [6, 6.07) is 0.0471. The van der Waals surface area contributed by atoms with Gasteiger partial charge in [-0.1, -0.05) is 44.5 Å². The van der Waals surface area contributed by atoms with Crippen LogP contribution in [0.1, 0.15) is 79.1 Å². The van der Waals surface area contributed by atoms with Gasteiger partial charge >= 0.3 is 0 Å². The SMILES string of the molecule is CC(C)CC1OC2CC3C4CC=C5CC(N=O)CCC5C4CCC3(C)C2C1C. The van der Waals surface area contributed by atoms with Crippen LogP contribution in [-0.2, 0) is 4.74 Å². The van der Waals surface area contributed by atoms with Gasteiger partial charge in [-0.2, -0.15) is 4.91 Å². The molecule has 3 heteroatoms. The predicted molar refractivity (Wildman–Crippen MR) is 113 cm³/mol. The zero-order chi connectivity index (χ0) is 19.6. The first-order chi connectivity index (χ1) is 13.4. The third-order valence-corrected chi connectivity index (χ3v) is 9.86. The molecule has 3 nitrogen and oxygen atoms in total. The minimum absolute atomic E-state index is 0.0471. The van der Waals surface area contributed by atoms with Crippen molar-refractivity contribution >= 4 is 0 Å². The van der Waals surface area contributed by atoms with Crippen LogP contribution in [0.25, 0.3) is 0 Å². The Labute approximate surface area is 171 Å². The van der Waals surface area contributed by atoms with E-state index in [0.29, 0.717) is 23.5 Å². The van der Waals surface area contributed by atoms with Crippen molar-refractivity contribution in [1.82, 2.24) is 0 Å². The largest absolute Gasteiger partial charge is 0.374 e. The van der Waals surface area contributed by atoms with Gasteiger partial charge in [-0.25, -0.2) is 0 Å². The lowest BCUT2D eigenvalue weighted by Crippen LogP contribution is -2.47. The highest BCUT2D eigenvalue weighted by Crippen LogP contribution is 2.67. The van der Waals surface area contributed by atoms with Crippen LogP contribution >= 0.6 is 0 Å². The van der Waals surface area contributed by atoms with Crippen LogP contribution in [0.2, 0.25) is 0 Å². The Bertz CT molecular complexity index is 657. The smallest absolute Gasteiger partial charge is 0.0957 e. The molecule has 4 fully saturated rings. The Morgan fingerprint density at radius 3 is 2.82 bits per heavy atom. The van der Waals surface area contributed by atoms with Gasteiger partial charge < -0.3 is 4.74 Å². The lowest BCUT2D eigenvalue weighted by atomic mass is 9.51. The zero-order valence-electron chi connectivity index (χ0n) is 18.3. The molecular weight excluding hydrogens is 346 g/mol. The summed E-state index contributed by atoms with van der Waals surface area (Å²) in [5.41, 5.74) is 2.06. The van der Waals surface area contributed by atoms with Gasteiger partial charge in [-0.05, 0) is 98.2 Å². The maximum atomic E-state index is 11.1. The lowest BCUT2D eigenvalue weighted by Gasteiger charge is -2.54. The van der Waals surface area contributed by atoms with Gasteiger partial charge in [-0.3, -0.25) is 0 Å². The molecule has 0 radical (unpaired) electrons. The van der Waals surface area contributed by atoms with E-state index in [2.05, 4.69) is 38.9 Å². The normalized spacial score (nSPS) is 52.5. The summed E-state index contributed by atoms with van der Waals surface area (Å²) in [6.45, 7) is 9.79. The van der Waals surface area contributed by atoms with Crippen LogP contribution in [0, 0.1) is 51.7 Å². The van der Waals surface area contributed by atoms with Crippen LogP contribution in [-0.4, -0.2) is 18.2 Å². The Kier molecular flexibility index (Phi) is 4.77. The third-order valence-electron chi connectivity index (χ3n) is 9.86. The molecule has 0 aromatic rings. The van der Waals surface area contributed by atoms with E-state index in [-0.39, 0.29) is 6.04 Å². The van der Waals surface area contributed by atoms with Crippen molar-refractivity contribution in [2.45, 2.75) is 97.3 Å². The molecule has 3 saturated carbocycles. The summed E-state index contributed by atoms with van der Waals surface area (Å²) in [5.74, 6) is 5.48. The van der Waals surface area contributed by atoms with Gasteiger partial charge in [-0.15, -0.1) is 0 Å². The highest BCUT2D eigenvalue weighted by Gasteiger charge is 2.63. The molecule has 5 aliphatic rings. The molecule has 1 aliphatic heterocycles. The van der Waals surface area contributed by atoms with E-state index in [4.69, 9.17) is 4.74 Å². The Balaban J connectivity index is 1.37. The fraction of sp³-hybridized carbons (Fsp3) is 0.920. The van der Waals surface area contributed by atoms with E-state index in [1.54, 1.807) is 5.57 Å². The van der Waals surface area contributed by atoms with Gasteiger partial charge in [0.15, 0.2) is 0 Å². The first-order valence-corrected chi connectivity index (χ1v) is 12.1. The minimum atomic E-state index is 0.0471. The molecule has 28 heavy (non-hydrogen) atoms. The quantitative estimate of drug-likeness (QED) is 0.418. The predicted octanol–water partition coefficient (Wildman–Crippen LogP) is 6.37. The van der Waals surface area contributed by atoms with Crippen LogP contribution in [0.5, 0.6) is 0 Å². The van der Waals surface area contributed by atoms with E-state index in [1.165, 1.54) is 38.5 Å². The molecule has 0 aromatic heterocycles. The molecule has 10 unspecified atom stereocenters. The van der Waals surface area contributed by atoms with E-state index < -0.39 is 0 Å². The van der Waals surface area contributed by atoms with E-state index >= 15 is 0 Å². The fourth-order valence-corrected chi connectivity index (χ4v) is 8.76. The molecule has 0 spiro atoms. The lowest BCUT2D eigenvalue weighted by molar-refractivity contribution is -0.0294. The number of hydrogen-bond donors (Lipinski definition) is 0. The van der Waals surface area contributed by atoms with Crippen LogP contribution in [0.4, 0.5) is 0 Å². The van der Waals surface area contributed by atoms with Crippen molar-refractivity contribution in [3.8, 4) is 0 Å². The summed E-state index contributed by atoms with van der Waals surface area (Å²) in [6.07, 6.45) is 13.2. The summed E-state index contributed by atoms with van der Waals surface area (Å²) in [5, 5.41) is 3.37. The van der Waals surface area contributed by atoms with Crippen molar-refractivity contribution in [3.05, 3.63) is 16.6 Å². The molecule has 0 N–H and O–H groups in total. The summed E-state index contributed by atoms with van der Waals surface area (Å²) in [7, 11) is 0. The van der Waals surface area contributed by atoms with Crippen molar-refractivity contribution in [3.63, 3.8) is 0 Å². The molecule has 1 heterocycles. The van der Waals surface area contributed by atoms with Crippen molar-refractivity contribution in [1.29, 1.82) is 0 Å². The molecule has 4 aliphatic carbocycles. The van der Waals surface area contributed by atoms with Gasteiger partial charge in [0.25, 0.3) is 0 Å². The summed E-state index contributed by atoms with van der Waals surface area (Å²) < 4.78 is 6.72. The molecule has 0 amide bonds. The van der Waals surface area contributed by atoms with E-state index in [9.17, 15) is 4.91 Å². The van der Waals surface area contributed by atoms with Crippen molar-refractivity contribution in [2.24, 2.45) is 52.0 Å². The van der Waals surface area contributed by atoms with Crippen LogP contribution in [0.15, 0.2) is 16.8 Å². The third kappa shape index (κ3) is 2.78. The second-order valence-electron chi connectivity index (χ2n) is 11.6. The van der Waals surface area contributed by atoms with E-state index in [1.807, 2.05) is 0 Å². The monoisotopic (exact) mass is 385 g/mol. The summed E-state index contributed by atoms with van der Waals surface area (Å²) in [4.78, 5) is 11.1. The van der Waals surface area contributed by atoms with Crippen molar-refractivity contribution in [2.75, 3.05) is 0 Å². The molecular formula is C25H39NO2. The molecule has 5 rings (SSSR count). The molecule has 0 bridgehead atoms. The van der Waals surface area contributed by atoms with Crippen LogP contribution < -0.4 is 0 Å². The minimum Gasteiger partial charge on any atom is -0.374 e. The maximum absolute atomic E-state index is 11.1. The van der Waals surface area contributed by atoms with Gasteiger partial charge in [0.1, 0.15) is 0 Å². The average Bonchev–Trinajstić information content (AvgIpc) is 3.14. The molecule has 10 atom stereocenters. The topological polar surface area (TPSA) is 38.7 Å². The Morgan fingerprint density at radius 1 is 1.25 bits per heavy atom. The first-order valence-electron chi connectivity index (χ1n) is 12.1. The number of ether oxygens (including phenoxy) is 1. The Hall–Kier alpha value is -0.700. The highest BCUT2D eigenvalue weighted by molar-refractivity contribution is 5.21. The highest BCUT2D eigenvalue weighted by atomic mass is 16.5. The number of hydrogen-bond acceptors (Lipinski definition) is 3. The van der Waals surface area contributed by atoms with Gasteiger partial charge in [0.05, 0.1) is 18.2 Å². The van der Waals surface area contributed by atoms with Crippen LogP contribution in [0.3, 0.4) is 0 Å². The fourth-order valence-electron chi connectivity index (χ4n) is 8.76. The molecule has 0 aromatic carbocycles. The first kappa shape index (κ1) is 19.3. The van der Waals surface area contributed by atoms with Crippen molar-refractivity contribution < 1.29 is 4.74 Å². The molecule has 1 saturated heterocycles. The standard InChI is InChI=1S/C25H39NO2/c1-14(2)11-22-15(3)24-23(28-22)13-21-20-7-5-16-12-17(26-27)6-8-18(16)19(20)9-10-25(21,24)4/h5,14-15,17-24H,6-13H2,1-4H3. The Morgan fingerprint density at radius 2 is 2.07 bits per heavy atom. The van der Waals surface area contributed by atoms with Gasteiger partial charge in [0, 0.05) is 0 Å². The van der Waals surface area contributed by atoms with Gasteiger partial charge in [0.2, 0.25) is 0 Å². The number of nitrogens with zero attached hydrogens (tertiary/aromatic N) is 1. The number of nitroso groups, excluding NO2 is 1. The second-order valence-corrected chi connectivity index (χ2v) is 11.6. The van der Waals surface area contributed by atoms with E-state index in [0.717, 1.165) is 48.3 Å². The summed E-state index contributed by atoms with van der Waals surface area (Å²) >= 11 is 0. The number of allylic oxidation sites excluding steroid dienone is 1. The second kappa shape index (κ2) is 6.93. The average molecular weight is 386 g/mol.